The number of fused-ring (bicyclic) bond motifs is 1. The van der Waals surface area contributed by atoms with E-state index in [1.807, 2.05) is 30.3 Å². The second kappa shape index (κ2) is 6.55. The molecule has 0 saturated carbocycles. The zero-order valence-corrected chi connectivity index (χ0v) is 14.4. The molecule has 0 radical (unpaired) electrons. The third-order valence-corrected chi connectivity index (χ3v) is 5.88. The third-order valence-electron chi connectivity index (χ3n) is 4.53. The fraction of sp³-hybridized carbons (Fsp3) is 0.471. The van der Waals surface area contributed by atoms with Gasteiger partial charge in [-0.25, -0.2) is 13.1 Å². The van der Waals surface area contributed by atoms with Crippen molar-refractivity contribution in [3.8, 4) is 0 Å². The van der Waals surface area contributed by atoms with E-state index in [1.54, 1.807) is 6.20 Å². The Morgan fingerprint density at radius 1 is 1.26 bits per heavy atom. The minimum absolute atomic E-state index is 0.0112. The molecule has 2 aromatic rings. The van der Waals surface area contributed by atoms with Crippen molar-refractivity contribution in [3.63, 3.8) is 0 Å². The average Bonchev–Trinajstić information content (AvgIpc) is 2.87. The summed E-state index contributed by atoms with van der Waals surface area (Å²) in [7, 11) is -3.39. The van der Waals surface area contributed by atoms with E-state index < -0.39 is 10.0 Å². The van der Waals surface area contributed by atoms with E-state index in [1.165, 1.54) is 0 Å². The van der Waals surface area contributed by atoms with E-state index in [0.717, 1.165) is 36.1 Å². The molecule has 1 aliphatic heterocycles. The SMILES string of the molecule is CCN1C[C@H](C)[C@H](NS(=O)(=O)Cc2cccc3cccnc23)C1. The molecule has 23 heavy (non-hydrogen) atoms. The summed E-state index contributed by atoms with van der Waals surface area (Å²) in [5.74, 6) is 0.298. The zero-order valence-electron chi connectivity index (χ0n) is 13.6. The molecule has 124 valence electrons. The molecule has 1 saturated heterocycles. The van der Waals surface area contributed by atoms with Crippen LogP contribution in [0.5, 0.6) is 0 Å². The van der Waals surface area contributed by atoms with Crippen molar-refractivity contribution in [2.75, 3.05) is 19.6 Å². The Balaban J connectivity index is 1.78. The van der Waals surface area contributed by atoms with E-state index in [0.29, 0.717) is 5.92 Å². The van der Waals surface area contributed by atoms with Crippen molar-refractivity contribution in [2.24, 2.45) is 5.92 Å². The van der Waals surface area contributed by atoms with Crippen LogP contribution in [0.15, 0.2) is 36.5 Å². The van der Waals surface area contributed by atoms with Crippen molar-refractivity contribution in [1.82, 2.24) is 14.6 Å². The summed E-state index contributed by atoms with van der Waals surface area (Å²) in [6.45, 7) is 6.88. The van der Waals surface area contributed by atoms with Crippen molar-refractivity contribution >= 4 is 20.9 Å². The third kappa shape index (κ3) is 3.71. The van der Waals surface area contributed by atoms with Crippen LogP contribution in [-0.4, -0.2) is 44.0 Å². The monoisotopic (exact) mass is 333 g/mol. The smallest absolute Gasteiger partial charge is 0.216 e. The van der Waals surface area contributed by atoms with Gasteiger partial charge in [0, 0.05) is 30.7 Å². The quantitative estimate of drug-likeness (QED) is 0.909. The van der Waals surface area contributed by atoms with Gasteiger partial charge in [0.2, 0.25) is 10.0 Å². The lowest BCUT2D eigenvalue weighted by Gasteiger charge is -2.17. The number of rotatable bonds is 5. The molecule has 1 aromatic heterocycles. The fourth-order valence-corrected chi connectivity index (χ4v) is 4.73. The second-order valence-electron chi connectivity index (χ2n) is 6.31. The van der Waals surface area contributed by atoms with Gasteiger partial charge in [0.15, 0.2) is 0 Å². The van der Waals surface area contributed by atoms with Gasteiger partial charge in [0.25, 0.3) is 0 Å². The fourth-order valence-electron chi connectivity index (χ4n) is 3.24. The number of benzene rings is 1. The first kappa shape index (κ1) is 16.4. The summed E-state index contributed by atoms with van der Waals surface area (Å²) in [6, 6.07) is 9.46. The number of sulfonamides is 1. The maximum atomic E-state index is 12.6. The standard InChI is InChI=1S/C17H23N3O2S/c1-3-20-10-13(2)16(11-20)19-23(21,22)12-15-7-4-6-14-8-5-9-18-17(14)15/h4-9,13,16,19H,3,10-12H2,1-2H3/t13-,16+/m0/s1. The number of nitrogens with zero attached hydrogens (tertiary/aromatic N) is 2. The van der Waals surface area contributed by atoms with Crippen LogP contribution in [0.4, 0.5) is 0 Å². The lowest BCUT2D eigenvalue weighted by molar-refractivity contribution is 0.344. The molecular formula is C17H23N3O2S. The molecule has 2 atom stereocenters. The van der Waals surface area contributed by atoms with Crippen LogP contribution in [0.1, 0.15) is 19.4 Å². The Bertz CT molecular complexity index is 786. The van der Waals surface area contributed by atoms with Gasteiger partial charge < -0.3 is 4.90 Å². The van der Waals surface area contributed by atoms with Gasteiger partial charge in [-0.15, -0.1) is 0 Å². The molecule has 1 aliphatic rings. The van der Waals surface area contributed by atoms with E-state index in [9.17, 15) is 8.42 Å². The Morgan fingerprint density at radius 3 is 2.78 bits per heavy atom. The number of pyridine rings is 1. The number of likely N-dealkylation sites (tertiary alicyclic amines) is 1. The first-order chi connectivity index (χ1) is 11.0. The Hall–Kier alpha value is -1.50. The lowest BCUT2D eigenvalue weighted by Crippen LogP contribution is -2.40. The number of aromatic nitrogens is 1. The Morgan fingerprint density at radius 2 is 2.04 bits per heavy atom. The van der Waals surface area contributed by atoms with Crippen LogP contribution in [-0.2, 0) is 15.8 Å². The van der Waals surface area contributed by atoms with Gasteiger partial charge in [0.1, 0.15) is 0 Å². The highest BCUT2D eigenvalue weighted by atomic mass is 32.2. The van der Waals surface area contributed by atoms with Crippen molar-refractivity contribution in [1.29, 1.82) is 0 Å². The molecular weight excluding hydrogens is 310 g/mol. The number of likely N-dealkylation sites (N-methyl/N-ethyl adjacent to an activating group) is 1. The van der Waals surface area contributed by atoms with Crippen molar-refractivity contribution in [2.45, 2.75) is 25.6 Å². The molecule has 2 heterocycles. The zero-order chi connectivity index (χ0) is 16.4. The van der Waals surface area contributed by atoms with Crippen LogP contribution < -0.4 is 4.72 Å². The molecule has 0 unspecified atom stereocenters. The highest BCUT2D eigenvalue weighted by Gasteiger charge is 2.31. The maximum absolute atomic E-state index is 12.6. The van der Waals surface area contributed by atoms with E-state index in [2.05, 4.69) is 28.5 Å². The first-order valence-corrected chi connectivity index (χ1v) is 9.68. The molecule has 0 bridgehead atoms. The average molecular weight is 333 g/mol. The maximum Gasteiger partial charge on any atom is 0.216 e. The number of nitrogens with one attached hydrogen (secondary N) is 1. The lowest BCUT2D eigenvalue weighted by atomic mass is 10.1. The highest BCUT2D eigenvalue weighted by molar-refractivity contribution is 7.88. The normalized spacial score (nSPS) is 22.7. The molecule has 1 N–H and O–H groups in total. The van der Waals surface area contributed by atoms with Crippen LogP contribution in [0.2, 0.25) is 0 Å². The summed E-state index contributed by atoms with van der Waals surface area (Å²) in [5.41, 5.74) is 1.50. The second-order valence-corrected chi connectivity index (χ2v) is 8.06. The summed E-state index contributed by atoms with van der Waals surface area (Å²) in [6.07, 6.45) is 1.70. The predicted molar refractivity (Wildman–Crippen MR) is 92.6 cm³/mol. The van der Waals surface area contributed by atoms with Gasteiger partial charge in [0.05, 0.1) is 11.3 Å². The van der Waals surface area contributed by atoms with Crippen LogP contribution in [0.25, 0.3) is 10.9 Å². The predicted octanol–water partition coefficient (Wildman–Crippen LogP) is 1.99. The highest BCUT2D eigenvalue weighted by Crippen LogP contribution is 2.20. The van der Waals surface area contributed by atoms with Crippen LogP contribution >= 0.6 is 0 Å². The molecule has 6 heteroatoms. The molecule has 1 aromatic carbocycles. The number of hydrogen-bond acceptors (Lipinski definition) is 4. The largest absolute Gasteiger partial charge is 0.302 e. The molecule has 0 spiro atoms. The van der Waals surface area contributed by atoms with Gasteiger partial charge in [-0.05, 0) is 24.1 Å². The number of hydrogen-bond donors (Lipinski definition) is 1. The number of para-hydroxylation sites is 1. The summed E-state index contributed by atoms with van der Waals surface area (Å²) in [5, 5.41) is 0.964. The van der Waals surface area contributed by atoms with Gasteiger partial charge >= 0.3 is 0 Å². The first-order valence-electron chi connectivity index (χ1n) is 8.03. The molecule has 1 fully saturated rings. The molecule has 0 aliphatic carbocycles. The molecule has 0 amide bonds. The molecule has 3 rings (SSSR count). The van der Waals surface area contributed by atoms with E-state index in [-0.39, 0.29) is 11.8 Å². The topological polar surface area (TPSA) is 62.3 Å². The van der Waals surface area contributed by atoms with Crippen LogP contribution in [0, 0.1) is 5.92 Å². The van der Waals surface area contributed by atoms with Gasteiger partial charge in [-0.3, -0.25) is 4.98 Å². The summed E-state index contributed by atoms with van der Waals surface area (Å²) >= 11 is 0. The van der Waals surface area contributed by atoms with Gasteiger partial charge in [-0.1, -0.05) is 38.1 Å². The minimum Gasteiger partial charge on any atom is -0.302 e. The molecule has 5 nitrogen and oxygen atoms in total. The van der Waals surface area contributed by atoms with Crippen LogP contribution in [0.3, 0.4) is 0 Å². The Labute approximate surface area is 137 Å². The van der Waals surface area contributed by atoms with Gasteiger partial charge in [-0.2, -0.15) is 0 Å². The minimum atomic E-state index is -3.39. The Kier molecular flexibility index (Phi) is 4.66. The summed E-state index contributed by atoms with van der Waals surface area (Å²) < 4.78 is 28.1. The van der Waals surface area contributed by atoms with Crippen molar-refractivity contribution < 1.29 is 8.42 Å². The van der Waals surface area contributed by atoms with E-state index >= 15 is 0 Å². The van der Waals surface area contributed by atoms with E-state index in [4.69, 9.17) is 0 Å². The van der Waals surface area contributed by atoms with Crippen molar-refractivity contribution in [3.05, 3.63) is 42.1 Å². The summed E-state index contributed by atoms with van der Waals surface area (Å²) in [4.78, 5) is 6.61.